The number of carbonyl (C=O) groups is 1. The molecule has 37 heavy (non-hydrogen) atoms. The van der Waals surface area contributed by atoms with Crippen LogP contribution >= 0.6 is 11.3 Å². The summed E-state index contributed by atoms with van der Waals surface area (Å²) >= 11 is 1.27. The van der Waals surface area contributed by atoms with Crippen molar-refractivity contribution in [3.63, 3.8) is 0 Å². The lowest BCUT2D eigenvalue weighted by molar-refractivity contribution is -0.121. The molecule has 0 saturated carbocycles. The number of rotatable bonds is 10. The maximum atomic E-state index is 14.2. The van der Waals surface area contributed by atoms with Gasteiger partial charge in [0.2, 0.25) is 12.7 Å². The monoisotopic (exact) mass is 523 g/mol. The van der Waals surface area contributed by atoms with Gasteiger partial charge in [-0.1, -0.05) is 30.7 Å². The summed E-state index contributed by atoms with van der Waals surface area (Å²) in [5.74, 6) is 0.913. The summed E-state index contributed by atoms with van der Waals surface area (Å²) in [6.07, 6.45) is 2.23. The first kappa shape index (κ1) is 24.8. The van der Waals surface area contributed by atoms with Crippen molar-refractivity contribution in [2.75, 3.05) is 6.79 Å². The van der Waals surface area contributed by atoms with Crippen molar-refractivity contribution in [1.29, 1.82) is 0 Å². The van der Waals surface area contributed by atoms with Crippen LogP contribution in [-0.2, 0) is 24.4 Å². The molecule has 0 saturated heterocycles. The van der Waals surface area contributed by atoms with Crippen molar-refractivity contribution in [3.05, 3.63) is 91.7 Å². The Labute approximate surface area is 215 Å². The largest absolute Gasteiger partial charge is 0.454 e. The van der Waals surface area contributed by atoms with Crippen molar-refractivity contribution in [2.24, 2.45) is 0 Å². The molecule has 2 aromatic carbocycles. The van der Waals surface area contributed by atoms with Crippen LogP contribution in [0.2, 0.25) is 0 Å². The smallest absolute Gasteiger partial charge is 0.331 e. The van der Waals surface area contributed by atoms with Crippen LogP contribution in [0.15, 0.2) is 63.5 Å². The first-order chi connectivity index (χ1) is 18.0. The first-order valence-corrected chi connectivity index (χ1v) is 13.0. The number of halogens is 1. The Balaban J connectivity index is 1.16. The molecule has 0 aliphatic carbocycles. The minimum Gasteiger partial charge on any atom is -0.454 e. The molecule has 5 rings (SSSR count). The molecule has 1 N–H and O–H groups in total. The average Bonchev–Trinajstić information content (AvgIpc) is 3.57. The van der Waals surface area contributed by atoms with Gasteiger partial charge in [-0.2, -0.15) is 0 Å². The standard InChI is InChI=1S/C27H26FN3O5S/c28-20-7-4-3-6-19(20)16-31-21-11-13-37-25(21)26(33)30(27(31)34)12-5-1-2-8-24(32)29-15-18-9-10-22-23(14-18)36-17-35-22/h3-4,6-7,9-11,13-14H,1-2,5,8,12,15-17H2,(H,29,32). The molecule has 0 fully saturated rings. The molecular weight excluding hydrogens is 497 g/mol. The Kier molecular flexibility index (Phi) is 7.36. The van der Waals surface area contributed by atoms with E-state index < -0.39 is 11.5 Å². The minimum absolute atomic E-state index is 0.0442. The number of hydrogen-bond acceptors (Lipinski definition) is 6. The van der Waals surface area contributed by atoms with E-state index in [1.165, 1.54) is 26.5 Å². The third-order valence-corrected chi connectivity index (χ3v) is 7.23. The summed E-state index contributed by atoms with van der Waals surface area (Å²) in [5.41, 5.74) is 1.03. The van der Waals surface area contributed by atoms with E-state index in [2.05, 4.69) is 5.32 Å². The third kappa shape index (κ3) is 5.43. The molecule has 10 heteroatoms. The Morgan fingerprint density at radius 2 is 1.84 bits per heavy atom. The summed E-state index contributed by atoms with van der Waals surface area (Å²) in [6.45, 7) is 0.884. The number of fused-ring (bicyclic) bond motifs is 2. The summed E-state index contributed by atoms with van der Waals surface area (Å²) < 4.78 is 28.0. The van der Waals surface area contributed by atoms with Gasteiger partial charge in [0.1, 0.15) is 10.5 Å². The zero-order valence-corrected chi connectivity index (χ0v) is 20.9. The summed E-state index contributed by atoms with van der Waals surface area (Å²) in [5, 5.41) is 4.66. The van der Waals surface area contributed by atoms with Gasteiger partial charge in [0.05, 0.1) is 12.1 Å². The van der Waals surface area contributed by atoms with Gasteiger partial charge in [-0.05, 0) is 48.1 Å². The number of nitrogens with one attached hydrogen (secondary N) is 1. The number of benzene rings is 2. The Hall–Kier alpha value is -3.92. The topological polar surface area (TPSA) is 91.6 Å². The van der Waals surface area contributed by atoms with Crippen LogP contribution in [0.25, 0.3) is 10.2 Å². The predicted octanol–water partition coefficient (Wildman–Crippen LogP) is 4.02. The van der Waals surface area contributed by atoms with Crippen LogP contribution in [0.4, 0.5) is 4.39 Å². The van der Waals surface area contributed by atoms with E-state index in [-0.39, 0.29) is 31.3 Å². The van der Waals surface area contributed by atoms with Gasteiger partial charge in [0.25, 0.3) is 5.56 Å². The Bertz CT molecular complexity index is 1560. The lowest BCUT2D eigenvalue weighted by Gasteiger charge is -2.13. The number of carbonyl (C=O) groups excluding carboxylic acids is 1. The van der Waals surface area contributed by atoms with Crippen molar-refractivity contribution in [1.82, 2.24) is 14.5 Å². The van der Waals surface area contributed by atoms with Gasteiger partial charge < -0.3 is 14.8 Å². The van der Waals surface area contributed by atoms with Gasteiger partial charge in [0, 0.05) is 25.1 Å². The van der Waals surface area contributed by atoms with Crippen molar-refractivity contribution in [2.45, 2.75) is 45.3 Å². The van der Waals surface area contributed by atoms with Crippen LogP contribution in [0.3, 0.4) is 0 Å². The molecule has 192 valence electrons. The quantitative estimate of drug-likeness (QED) is 0.317. The zero-order chi connectivity index (χ0) is 25.8. The second-order valence-corrected chi connectivity index (χ2v) is 9.74. The van der Waals surface area contributed by atoms with Crippen molar-refractivity contribution in [3.8, 4) is 11.5 Å². The van der Waals surface area contributed by atoms with Gasteiger partial charge >= 0.3 is 5.69 Å². The van der Waals surface area contributed by atoms with E-state index >= 15 is 0 Å². The Morgan fingerprint density at radius 3 is 2.70 bits per heavy atom. The molecule has 1 amide bonds. The highest BCUT2D eigenvalue weighted by atomic mass is 32.1. The second kappa shape index (κ2) is 11.0. The van der Waals surface area contributed by atoms with E-state index in [9.17, 15) is 18.8 Å². The average molecular weight is 524 g/mol. The number of aromatic nitrogens is 2. The molecule has 0 radical (unpaired) electrons. The highest BCUT2D eigenvalue weighted by Crippen LogP contribution is 2.32. The molecule has 0 atom stereocenters. The lowest BCUT2D eigenvalue weighted by Crippen LogP contribution is -2.40. The highest BCUT2D eigenvalue weighted by Gasteiger charge is 2.16. The van der Waals surface area contributed by atoms with E-state index in [1.54, 1.807) is 29.6 Å². The van der Waals surface area contributed by atoms with Gasteiger partial charge in [-0.3, -0.25) is 18.7 Å². The van der Waals surface area contributed by atoms with Crippen LogP contribution in [0.5, 0.6) is 11.5 Å². The number of ether oxygens (including phenoxy) is 2. The maximum absolute atomic E-state index is 14.2. The molecule has 3 heterocycles. The first-order valence-electron chi connectivity index (χ1n) is 12.1. The molecule has 8 nitrogen and oxygen atoms in total. The van der Waals surface area contributed by atoms with Crippen LogP contribution in [0, 0.1) is 5.82 Å². The van der Waals surface area contributed by atoms with Crippen LogP contribution in [0.1, 0.15) is 36.8 Å². The Morgan fingerprint density at radius 1 is 1.00 bits per heavy atom. The fourth-order valence-corrected chi connectivity index (χ4v) is 5.20. The fourth-order valence-electron chi connectivity index (χ4n) is 4.35. The number of nitrogens with zero attached hydrogens (tertiary/aromatic N) is 2. The van der Waals surface area contributed by atoms with E-state index in [0.29, 0.717) is 59.5 Å². The number of unbranched alkanes of at least 4 members (excludes halogenated alkanes) is 2. The van der Waals surface area contributed by atoms with Gasteiger partial charge in [-0.25, -0.2) is 9.18 Å². The molecule has 4 aromatic rings. The predicted molar refractivity (Wildman–Crippen MR) is 139 cm³/mol. The molecule has 0 bridgehead atoms. The van der Waals surface area contributed by atoms with E-state index in [4.69, 9.17) is 9.47 Å². The van der Waals surface area contributed by atoms with E-state index in [1.807, 2.05) is 18.2 Å². The molecule has 1 aliphatic heterocycles. The summed E-state index contributed by atoms with van der Waals surface area (Å²) in [4.78, 5) is 38.4. The summed E-state index contributed by atoms with van der Waals surface area (Å²) in [7, 11) is 0. The molecular formula is C27H26FN3O5S. The summed E-state index contributed by atoms with van der Waals surface area (Å²) in [6, 6.07) is 13.6. The normalized spacial score (nSPS) is 12.2. The van der Waals surface area contributed by atoms with Crippen LogP contribution in [-0.4, -0.2) is 21.8 Å². The fraction of sp³-hybridized carbons (Fsp3) is 0.296. The molecule has 1 aliphatic rings. The molecule has 0 spiro atoms. The van der Waals surface area contributed by atoms with E-state index in [0.717, 1.165) is 5.56 Å². The third-order valence-electron chi connectivity index (χ3n) is 6.33. The number of thiophene rings is 1. The molecule has 0 unspecified atom stereocenters. The second-order valence-electron chi connectivity index (χ2n) is 8.83. The SMILES string of the molecule is O=C(CCCCCn1c(=O)c2sccc2n(Cc2ccccc2F)c1=O)NCc1ccc2c(c1)OCO2. The number of hydrogen-bond donors (Lipinski definition) is 1. The molecule has 2 aromatic heterocycles. The zero-order valence-electron chi connectivity index (χ0n) is 20.1. The van der Waals surface area contributed by atoms with Crippen molar-refractivity contribution < 1.29 is 18.7 Å². The minimum atomic E-state index is -0.458. The van der Waals surface area contributed by atoms with Gasteiger partial charge in [0.15, 0.2) is 11.5 Å². The van der Waals surface area contributed by atoms with Crippen LogP contribution < -0.4 is 26.0 Å². The lowest BCUT2D eigenvalue weighted by atomic mass is 10.1. The van der Waals surface area contributed by atoms with Gasteiger partial charge in [-0.15, -0.1) is 11.3 Å². The highest BCUT2D eigenvalue weighted by molar-refractivity contribution is 7.17. The van der Waals surface area contributed by atoms with Crippen molar-refractivity contribution >= 4 is 27.5 Å². The maximum Gasteiger partial charge on any atom is 0.331 e. The number of amides is 1.